The lowest BCUT2D eigenvalue weighted by Crippen LogP contribution is -2.48. The summed E-state index contributed by atoms with van der Waals surface area (Å²) in [6.45, 7) is 3.82. The van der Waals surface area contributed by atoms with Crippen molar-refractivity contribution in [3.8, 4) is 11.3 Å². The Bertz CT molecular complexity index is 766. The SMILES string of the molecule is Cc1sc(NC(=O)C2COCCN2)nc1-c1ccc2c(c1)CCC2. The number of anilines is 1. The van der Waals surface area contributed by atoms with Gasteiger partial charge in [-0.2, -0.15) is 0 Å². The van der Waals surface area contributed by atoms with Crippen LogP contribution in [-0.4, -0.2) is 36.7 Å². The van der Waals surface area contributed by atoms with Crippen LogP contribution in [0.1, 0.15) is 22.4 Å². The highest BCUT2D eigenvalue weighted by molar-refractivity contribution is 7.16. The van der Waals surface area contributed by atoms with Crippen molar-refractivity contribution in [1.29, 1.82) is 0 Å². The molecule has 1 saturated heterocycles. The zero-order valence-electron chi connectivity index (χ0n) is 13.7. The van der Waals surface area contributed by atoms with Gasteiger partial charge in [-0.1, -0.05) is 12.1 Å². The summed E-state index contributed by atoms with van der Waals surface area (Å²) < 4.78 is 5.34. The van der Waals surface area contributed by atoms with Crippen molar-refractivity contribution >= 4 is 22.4 Å². The molecule has 1 amide bonds. The van der Waals surface area contributed by atoms with Crippen molar-refractivity contribution in [3.63, 3.8) is 0 Å². The van der Waals surface area contributed by atoms with Crippen LogP contribution in [0, 0.1) is 6.92 Å². The third-order valence-corrected chi connectivity index (χ3v) is 5.52. The average Bonchev–Trinajstić information content (AvgIpc) is 3.21. The molecule has 5 nitrogen and oxygen atoms in total. The van der Waals surface area contributed by atoms with E-state index in [9.17, 15) is 4.79 Å². The van der Waals surface area contributed by atoms with Gasteiger partial charge in [0.05, 0.1) is 18.9 Å². The Balaban J connectivity index is 1.53. The van der Waals surface area contributed by atoms with Crippen molar-refractivity contribution in [2.45, 2.75) is 32.2 Å². The number of hydrogen-bond acceptors (Lipinski definition) is 5. The quantitative estimate of drug-likeness (QED) is 0.899. The molecule has 1 aromatic carbocycles. The minimum atomic E-state index is -0.300. The highest BCUT2D eigenvalue weighted by Crippen LogP contribution is 2.33. The van der Waals surface area contributed by atoms with Crippen molar-refractivity contribution in [2.24, 2.45) is 0 Å². The van der Waals surface area contributed by atoms with E-state index in [0.717, 1.165) is 22.6 Å². The third kappa shape index (κ3) is 3.09. The first-order valence-electron chi connectivity index (χ1n) is 8.42. The number of nitrogens with zero attached hydrogens (tertiary/aromatic N) is 1. The Morgan fingerprint density at radius 1 is 1.38 bits per heavy atom. The highest BCUT2D eigenvalue weighted by Gasteiger charge is 2.23. The van der Waals surface area contributed by atoms with Gasteiger partial charge in [-0.15, -0.1) is 11.3 Å². The van der Waals surface area contributed by atoms with Crippen LogP contribution >= 0.6 is 11.3 Å². The molecule has 0 spiro atoms. The predicted molar refractivity (Wildman–Crippen MR) is 95.6 cm³/mol. The van der Waals surface area contributed by atoms with E-state index in [0.29, 0.717) is 24.9 Å². The second-order valence-corrected chi connectivity index (χ2v) is 7.53. The van der Waals surface area contributed by atoms with Gasteiger partial charge in [0.15, 0.2) is 5.13 Å². The van der Waals surface area contributed by atoms with Gasteiger partial charge in [-0.05, 0) is 43.4 Å². The number of ether oxygens (including phenoxy) is 1. The number of amides is 1. The van der Waals surface area contributed by atoms with E-state index in [-0.39, 0.29) is 11.9 Å². The summed E-state index contributed by atoms with van der Waals surface area (Å²) in [6.07, 6.45) is 3.58. The number of nitrogens with one attached hydrogen (secondary N) is 2. The molecule has 126 valence electrons. The van der Waals surface area contributed by atoms with Crippen molar-refractivity contribution in [1.82, 2.24) is 10.3 Å². The first-order chi connectivity index (χ1) is 11.7. The number of benzene rings is 1. The maximum Gasteiger partial charge on any atom is 0.245 e. The Labute approximate surface area is 145 Å². The Morgan fingerprint density at radius 2 is 2.25 bits per heavy atom. The van der Waals surface area contributed by atoms with Crippen LogP contribution < -0.4 is 10.6 Å². The first kappa shape index (κ1) is 15.7. The van der Waals surface area contributed by atoms with Gasteiger partial charge in [0, 0.05) is 17.0 Å². The van der Waals surface area contributed by atoms with Gasteiger partial charge >= 0.3 is 0 Å². The number of fused-ring (bicyclic) bond motifs is 1. The molecular weight excluding hydrogens is 322 g/mol. The number of morpholine rings is 1. The minimum absolute atomic E-state index is 0.0797. The summed E-state index contributed by atoms with van der Waals surface area (Å²) in [6, 6.07) is 6.32. The fourth-order valence-corrected chi connectivity index (χ4v) is 4.20. The van der Waals surface area contributed by atoms with Crippen LogP contribution in [-0.2, 0) is 22.4 Å². The molecule has 0 saturated carbocycles. The molecule has 2 heterocycles. The molecule has 1 unspecified atom stereocenters. The van der Waals surface area contributed by atoms with E-state index in [2.05, 4.69) is 40.7 Å². The second kappa shape index (κ2) is 6.63. The van der Waals surface area contributed by atoms with E-state index in [1.54, 1.807) is 0 Å². The van der Waals surface area contributed by atoms with Crippen LogP contribution in [0.2, 0.25) is 0 Å². The lowest BCUT2D eigenvalue weighted by atomic mass is 10.0. The average molecular weight is 343 g/mol. The molecule has 1 aromatic heterocycles. The standard InChI is InChI=1S/C18H21N3O2S/c1-11-16(14-6-5-12-3-2-4-13(12)9-14)20-18(24-11)21-17(22)15-10-23-8-7-19-15/h5-6,9,15,19H,2-4,7-8,10H2,1H3,(H,20,21,22). The molecule has 0 bridgehead atoms. The molecule has 0 radical (unpaired) electrons. The smallest absolute Gasteiger partial charge is 0.245 e. The van der Waals surface area contributed by atoms with Crippen molar-refractivity contribution in [3.05, 3.63) is 34.2 Å². The van der Waals surface area contributed by atoms with E-state index in [1.165, 1.54) is 35.3 Å². The molecule has 2 aromatic rings. The highest BCUT2D eigenvalue weighted by atomic mass is 32.1. The molecule has 1 aliphatic heterocycles. The molecule has 1 atom stereocenters. The molecule has 2 N–H and O–H groups in total. The van der Waals surface area contributed by atoms with E-state index in [1.807, 2.05) is 0 Å². The van der Waals surface area contributed by atoms with E-state index < -0.39 is 0 Å². The number of aromatic nitrogens is 1. The van der Waals surface area contributed by atoms with Gasteiger partial charge in [0.2, 0.25) is 5.91 Å². The predicted octanol–water partition coefficient (Wildman–Crippen LogP) is 2.53. The lowest BCUT2D eigenvalue weighted by molar-refractivity contribution is -0.120. The summed E-state index contributed by atoms with van der Waals surface area (Å²) in [4.78, 5) is 18.1. The fraction of sp³-hybridized carbons (Fsp3) is 0.444. The summed E-state index contributed by atoms with van der Waals surface area (Å²) in [5.41, 5.74) is 5.01. The van der Waals surface area contributed by atoms with Crippen LogP contribution in [0.15, 0.2) is 18.2 Å². The summed E-state index contributed by atoms with van der Waals surface area (Å²) in [5.74, 6) is -0.0797. The van der Waals surface area contributed by atoms with Crippen LogP contribution in [0.4, 0.5) is 5.13 Å². The third-order valence-electron chi connectivity index (χ3n) is 4.64. The Morgan fingerprint density at radius 3 is 3.08 bits per heavy atom. The van der Waals surface area contributed by atoms with Crippen LogP contribution in [0.5, 0.6) is 0 Å². The maximum absolute atomic E-state index is 12.3. The number of thiazole rings is 1. The van der Waals surface area contributed by atoms with E-state index in [4.69, 9.17) is 4.74 Å². The van der Waals surface area contributed by atoms with Crippen molar-refractivity contribution in [2.75, 3.05) is 25.1 Å². The summed E-state index contributed by atoms with van der Waals surface area (Å²) >= 11 is 1.52. The minimum Gasteiger partial charge on any atom is -0.378 e. The Hall–Kier alpha value is -1.76. The van der Waals surface area contributed by atoms with Gasteiger partial charge in [0.25, 0.3) is 0 Å². The van der Waals surface area contributed by atoms with Gasteiger partial charge in [-0.3, -0.25) is 4.79 Å². The van der Waals surface area contributed by atoms with Gasteiger partial charge < -0.3 is 15.4 Å². The second-order valence-electron chi connectivity index (χ2n) is 6.33. The molecule has 24 heavy (non-hydrogen) atoms. The topological polar surface area (TPSA) is 63.2 Å². The monoisotopic (exact) mass is 343 g/mol. The number of carbonyl (C=O) groups excluding carboxylic acids is 1. The molecule has 4 rings (SSSR count). The normalized spacial score (nSPS) is 20.0. The van der Waals surface area contributed by atoms with Crippen molar-refractivity contribution < 1.29 is 9.53 Å². The number of hydrogen-bond donors (Lipinski definition) is 2. The zero-order chi connectivity index (χ0) is 16.5. The zero-order valence-corrected chi connectivity index (χ0v) is 14.5. The lowest BCUT2D eigenvalue weighted by Gasteiger charge is -2.22. The molecule has 6 heteroatoms. The summed E-state index contributed by atoms with van der Waals surface area (Å²) in [7, 11) is 0. The molecular formula is C18H21N3O2S. The molecule has 1 fully saturated rings. The Kier molecular flexibility index (Phi) is 4.35. The number of aryl methyl sites for hydroxylation is 3. The summed E-state index contributed by atoms with van der Waals surface area (Å²) in [5, 5.41) is 6.73. The molecule has 2 aliphatic rings. The van der Waals surface area contributed by atoms with Gasteiger partial charge in [0.1, 0.15) is 6.04 Å². The largest absolute Gasteiger partial charge is 0.378 e. The fourth-order valence-electron chi connectivity index (χ4n) is 3.36. The first-order valence-corrected chi connectivity index (χ1v) is 9.24. The number of rotatable bonds is 3. The molecule has 1 aliphatic carbocycles. The van der Waals surface area contributed by atoms with Crippen LogP contribution in [0.25, 0.3) is 11.3 Å². The van der Waals surface area contributed by atoms with Gasteiger partial charge in [-0.25, -0.2) is 4.98 Å². The number of carbonyl (C=O) groups is 1. The van der Waals surface area contributed by atoms with Crippen LogP contribution in [0.3, 0.4) is 0 Å². The van der Waals surface area contributed by atoms with E-state index >= 15 is 0 Å². The maximum atomic E-state index is 12.3.